The fourth-order valence-corrected chi connectivity index (χ4v) is 3.60. The first kappa shape index (κ1) is 14.3. The number of aliphatic hydroxyl groups excluding tert-OH is 1. The largest absolute Gasteiger partial charge is 0.392 e. The van der Waals surface area contributed by atoms with Crippen molar-refractivity contribution in [2.24, 2.45) is 5.92 Å². The summed E-state index contributed by atoms with van der Waals surface area (Å²) in [5.41, 5.74) is -0.291. The molecule has 2 nitrogen and oxygen atoms in total. The molecule has 0 aliphatic carbocycles. The Bertz CT molecular complexity index is 226. The van der Waals surface area contributed by atoms with E-state index < -0.39 is 0 Å². The van der Waals surface area contributed by atoms with Crippen molar-refractivity contribution in [2.75, 3.05) is 11.5 Å². The normalized spacial score (nSPS) is 29.2. The summed E-state index contributed by atoms with van der Waals surface area (Å²) in [5, 5.41) is 10.2. The Morgan fingerprint density at radius 3 is 2.44 bits per heavy atom. The highest BCUT2D eigenvalue weighted by molar-refractivity contribution is 7.99. The van der Waals surface area contributed by atoms with Crippen molar-refractivity contribution in [3.63, 3.8) is 0 Å². The summed E-state index contributed by atoms with van der Waals surface area (Å²) >= 11 is 1.84. The van der Waals surface area contributed by atoms with E-state index in [9.17, 15) is 5.11 Å². The van der Waals surface area contributed by atoms with E-state index in [0.29, 0.717) is 0 Å². The summed E-state index contributed by atoms with van der Waals surface area (Å²) in [5.74, 6) is 2.22. The van der Waals surface area contributed by atoms with E-state index in [1.807, 2.05) is 11.8 Å². The van der Waals surface area contributed by atoms with Crippen molar-refractivity contribution in [1.82, 2.24) is 0 Å². The summed E-state index contributed by atoms with van der Waals surface area (Å²) in [6.07, 6.45) is 1.88. The maximum atomic E-state index is 10.2. The fourth-order valence-electron chi connectivity index (χ4n) is 2.67. The van der Waals surface area contributed by atoms with Gasteiger partial charge in [0.05, 0.1) is 17.3 Å². The second-order valence-electron chi connectivity index (χ2n) is 5.92. The monoisotopic (exact) mass is 246 g/mol. The van der Waals surface area contributed by atoms with E-state index in [4.69, 9.17) is 4.74 Å². The molecule has 0 amide bonds. The Morgan fingerprint density at radius 1 is 1.38 bits per heavy atom. The number of ether oxygens (including phenoxy) is 1. The fraction of sp³-hybridized carbons (Fsp3) is 1.00. The van der Waals surface area contributed by atoms with Crippen LogP contribution in [0.5, 0.6) is 0 Å². The van der Waals surface area contributed by atoms with Gasteiger partial charge in [0.25, 0.3) is 0 Å². The Hall–Kier alpha value is 0.270. The van der Waals surface area contributed by atoms with E-state index in [1.54, 1.807) is 0 Å². The zero-order chi connectivity index (χ0) is 12.4. The van der Waals surface area contributed by atoms with Gasteiger partial charge in [-0.25, -0.2) is 0 Å². The molecule has 0 aromatic rings. The molecule has 2 unspecified atom stereocenters. The van der Waals surface area contributed by atoms with Crippen molar-refractivity contribution in [3.8, 4) is 0 Å². The molecule has 1 aliphatic heterocycles. The van der Waals surface area contributed by atoms with Crippen LogP contribution in [0, 0.1) is 5.92 Å². The van der Waals surface area contributed by atoms with Crippen LogP contribution in [0.3, 0.4) is 0 Å². The third-order valence-corrected chi connectivity index (χ3v) is 4.52. The van der Waals surface area contributed by atoms with Crippen molar-refractivity contribution in [2.45, 2.75) is 64.8 Å². The van der Waals surface area contributed by atoms with E-state index in [1.165, 1.54) is 6.42 Å². The van der Waals surface area contributed by atoms with Gasteiger partial charge < -0.3 is 9.84 Å². The van der Waals surface area contributed by atoms with E-state index in [0.717, 1.165) is 17.9 Å². The zero-order valence-electron chi connectivity index (χ0n) is 11.2. The molecule has 0 aromatic heterocycles. The van der Waals surface area contributed by atoms with Crippen LogP contribution in [0.4, 0.5) is 0 Å². The molecule has 1 rings (SSSR count). The highest BCUT2D eigenvalue weighted by Gasteiger charge is 2.48. The quantitative estimate of drug-likeness (QED) is 0.756. The van der Waals surface area contributed by atoms with Gasteiger partial charge in [-0.1, -0.05) is 6.92 Å². The number of hydrogen-bond donors (Lipinski definition) is 1. The van der Waals surface area contributed by atoms with Crippen LogP contribution in [0.1, 0.15) is 47.5 Å². The van der Waals surface area contributed by atoms with Gasteiger partial charge in [0.1, 0.15) is 0 Å². The second-order valence-corrected chi connectivity index (χ2v) is 7.07. The molecule has 1 saturated heterocycles. The van der Waals surface area contributed by atoms with Gasteiger partial charge in [0.2, 0.25) is 0 Å². The van der Waals surface area contributed by atoms with Crippen LogP contribution >= 0.6 is 11.8 Å². The van der Waals surface area contributed by atoms with E-state index in [-0.39, 0.29) is 23.2 Å². The minimum atomic E-state index is -0.242. The molecule has 1 aliphatic rings. The van der Waals surface area contributed by atoms with Gasteiger partial charge in [-0.3, -0.25) is 0 Å². The topological polar surface area (TPSA) is 29.5 Å². The molecular weight excluding hydrogens is 220 g/mol. The molecule has 3 heteroatoms. The number of thioether (sulfide) groups is 1. The molecule has 0 bridgehead atoms. The SMILES string of the molecule is CCCSCC(O)C1CC(C)(C)OC1(C)C. The van der Waals surface area contributed by atoms with Crippen molar-refractivity contribution < 1.29 is 9.84 Å². The molecule has 1 heterocycles. The van der Waals surface area contributed by atoms with Gasteiger partial charge >= 0.3 is 0 Å². The van der Waals surface area contributed by atoms with Gasteiger partial charge in [0, 0.05) is 11.7 Å². The Balaban J connectivity index is 2.52. The Kier molecular flexibility index (Phi) is 4.73. The number of aliphatic hydroxyl groups is 1. The van der Waals surface area contributed by atoms with Crippen LogP contribution in [0.2, 0.25) is 0 Å². The predicted molar refractivity (Wildman–Crippen MR) is 71.0 cm³/mol. The molecule has 96 valence electrons. The Morgan fingerprint density at radius 2 is 2.00 bits per heavy atom. The Labute approximate surface area is 104 Å². The molecule has 0 aromatic carbocycles. The maximum Gasteiger partial charge on any atom is 0.0687 e. The van der Waals surface area contributed by atoms with E-state index >= 15 is 0 Å². The average molecular weight is 246 g/mol. The highest BCUT2D eigenvalue weighted by atomic mass is 32.2. The van der Waals surface area contributed by atoms with Gasteiger partial charge in [-0.15, -0.1) is 0 Å². The number of hydrogen-bond acceptors (Lipinski definition) is 3. The van der Waals surface area contributed by atoms with E-state index in [2.05, 4.69) is 34.6 Å². The molecule has 2 atom stereocenters. The predicted octanol–water partition coefficient (Wildman–Crippen LogP) is 3.08. The average Bonchev–Trinajstić information content (AvgIpc) is 2.34. The first-order valence-electron chi connectivity index (χ1n) is 6.24. The smallest absolute Gasteiger partial charge is 0.0687 e. The first-order valence-corrected chi connectivity index (χ1v) is 7.40. The molecule has 1 N–H and O–H groups in total. The maximum absolute atomic E-state index is 10.2. The standard InChI is InChI=1S/C13H26O2S/c1-6-7-16-9-11(14)10-8-12(2,3)15-13(10,4)5/h10-11,14H,6-9H2,1-5H3. The number of rotatable bonds is 5. The van der Waals surface area contributed by atoms with Gasteiger partial charge in [-0.05, 0) is 46.3 Å². The van der Waals surface area contributed by atoms with Crippen LogP contribution in [-0.2, 0) is 4.74 Å². The van der Waals surface area contributed by atoms with Crippen molar-refractivity contribution in [1.29, 1.82) is 0 Å². The van der Waals surface area contributed by atoms with Gasteiger partial charge in [0.15, 0.2) is 0 Å². The van der Waals surface area contributed by atoms with Crippen LogP contribution in [0.25, 0.3) is 0 Å². The van der Waals surface area contributed by atoms with Crippen LogP contribution in [-0.4, -0.2) is 33.9 Å². The summed E-state index contributed by atoms with van der Waals surface area (Å²) in [6, 6.07) is 0. The summed E-state index contributed by atoms with van der Waals surface area (Å²) in [6.45, 7) is 10.6. The lowest BCUT2D eigenvalue weighted by Crippen LogP contribution is -2.37. The zero-order valence-corrected chi connectivity index (χ0v) is 12.1. The van der Waals surface area contributed by atoms with Gasteiger partial charge in [-0.2, -0.15) is 11.8 Å². The van der Waals surface area contributed by atoms with Crippen molar-refractivity contribution in [3.05, 3.63) is 0 Å². The molecule has 1 fully saturated rings. The minimum absolute atomic E-state index is 0.0927. The lowest BCUT2D eigenvalue weighted by atomic mass is 9.84. The highest BCUT2D eigenvalue weighted by Crippen LogP contribution is 2.44. The van der Waals surface area contributed by atoms with Crippen LogP contribution < -0.4 is 0 Å². The summed E-state index contributed by atoms with van der Waals surface area (Å²) in [4.78, 5) is 0. The second kappa shape index (κ2) is 5.28. The molecular formula is C13H26O2S. The third kappa shape index (κ3) is 3.64. The molecule has 0 radical (unpaired) electrons. The summed E-state index contributed by atoms with van der Waals surface area (Å²) in [7, 11) is 0. The first-order chi connectivity index (χ1) is 7.28. The molecule has 0 spiro atoms. The molecule has 16 heavy (non-hydrogen) atoms. The lowest BCUT2D eigenvalue weighted by Gasteiger charge is -2.30. The van der Waals surface area contributed by atoms with Crippen molar-refractivity contribution >= 4 is 11.8 Å². The minimum Gasteiger partial charge on any atom is -0.392 e. The summed E-state index contributed by atoms with van der Waals surface area (Å²) < 4.78 is 6.01. The molecule has 0 saturated carbocycles. The third-order valence-electron chi connectivity index (χ3n) is 3.25. The van der Waals surface area contributed by atoms with Crippen LogP contribution in [0.15, 0.2) is 0 Å². The lowest BCUT2D eigenvalue weighted by molar-refractivity contribution is -0.0853.